The number of hydrogen-bond acceptors (Lipinski definition) is 6. The first-order valence-corrected chi connectivity index (χ1v) is 8.71. The Kier molecular flexibility index (Phi) is 4.72. The quantitative estimate of drug-likeness (QED) is 0.696. The number of methoxy groups -OCH3 is 1. The number of pyridine rings is 1. The summed E-state index contributed by atoms with van der Waals surface area (Å²) in [6.45, 7) is 2.19. The van der Waals surface area contributed by atoms with Crippen LogP contribution in [0.3, 0.4) is 0 Å². The summed E-state index contributed by atoms with van der Waals surface area (Å²) in [7, 11) is 1.62. The van der Waals surface area contributed by atoms with Gasteiger partial charge in [0.15, 0.2) is 11.5 Å². The molecule has 0 saturated carbocycles. The SMILES string of the molecule is COc1ccc(C)cc1Nc1ccc(C(=O)Nc2ccc3c(c2)OCO3)cn1. The van der Waals surface area contributed by atoms with E-state index in [1.807, 2.05) is 25.1 Å². The van der Waals surface area contributed by atoms with Gasteiger partial charge in [-0.25, -0.2) is 4.98 Å². The number of amides is 1. The van der Waals surface area contributed by atoms with Crippen molar-refractivity contribution in [3.05, 3.63) is 65.9 Å². The number of anilines is 3. The standard InChI is InChI=1S/C21H19N3O4/c1-13-3-6-17(26-2)16(9-13)24-20-8-4-14(11-22-20)21(25)23-15-5-7-18-19(10-15)28-12-27-18/h3-11H,12H2,1-2H3,(H,22,24)(H,23,25). The minimum atomic E-state index is -0.258. The Morgan fingerprint density at radius 2 is 1.93 bits per heavy atom. The molecule has 4 rings (SSSR count). The number of aryl methyl sites for hydroxylation is 1. The van der Waals surface area contributed by atoms with Crippen molar-refractivity contribution >= 4 is 23.1 Å². The Morgan fingerprint density at radius 3 is 2.71 bits per heavy atom. The van der Waals surface area contributed by atoms with E-state index in [2.05, 4.69) is 15.6 Å². The fraction of sp³-hybridized carbons (Fsp3) is 0.143. The first-order valence-electron chi connectivity index (χ1n) is 8.71. The van der Waals surface area contributed by atoms with Crippen molar-refractivity contribution < 1.29 is 19.0 Å². The lowest BCUT2D eigenvalue weighted by Gasteiger charge is -2.12. The molecule has 2 aromatic carbocycles. The Labute approximate surface area is 162 Å². The zero-order chi connectivity index (χ0) is 19.5. The van der Waals surface area contributed by atoms with Gasteiger partial charge < -0.3 is 24.8 Å². The molecular weight excluding hydrogens is 358 g/mol. The van der Waals surface area contributed by atoms with Gasteiger partial charge in [-0.05, 0) is 48.9 Å². The topological polar surface area (TPSA) is 81.7 Å². The summed E-state index contributed by atoms with van der Waals surface area (Å²) >= 11 is 0. The lowest BCUT2D eigenvalue weighted by Crippen LogP contribution is -2.12. The van der Waals surface area contributed by atoms with Gasteiger partial charge in [0, 0.05) is 18.0 Å². The molecule has 3 aromatic rings. The van der Waals surface area contributed by atoms with Crippen LogP contribution in [0.15, 0.2) is 54.7 Å². The summed E-state index contributed by atoms with van der Waals surface area (Å²) in [4.78, 5) is 16.8. The van der Waals surface area contributed by atoms with Crippen molar-refractivity contribution in [2.45, 2.75) is 6.92 Å². The Hall–Kier alpha value is -3.74. The van der Waals surface area contributed by atoms with Crippen LogP contribution in [0, 0.1) is 6.92 Å². The minimum absolute atomic E-state index is 0.191. The molecule has 1 aliphatic heterocycles. The highest BCUT2D eigenvalue weighted by atomic mass is 16.7. The van der Waals surface area contributed by atoms with Crippen molar-refractivity contribution in [3.63, 3.8) is 0 Å². The van der Waals surface area contributed by atoms with E-state index in [0.29, 0.717) is 28.6 Å². The molecular formula is C21H19N3O4. The summed E-state index contributed by atoms with van der Waals surface area (Å²) in [5, 5.41) is 6.04. The molecule has 0 saturated heterocycles. The normalized spacial score (nSPS) is 11.8. The van der Waals surface area contributed by atoms with Gasteiger partial charge in [0.1, 0.15) is 11.6 Å². The number of aromatic nitrogens is 1. The predicted octanol–water partition coefficient (Wildman–Crippen LogP) is 4.12. The van der Waals surface area contributed by atoms with Crippen LogP contribution in [-0.4, -0.2) is 24.8 Å². The van der Waals surface area contributed by atoms with Crippen LogP contribution in [0.25, 0.3) is 0 Å². The fourth-order valence-corrected chi connectivity index (χ4v) is 2.84. The van der Waals surface area contributed by atoms with Crippen LogP contribution in [0.4, 0.5) is 17.2 Å². The van der Waals surface area contributed by atoms with E-state index in [1.54, 1.807) is 37.4 Å². The molecule has 28 heavy (non-hydrogen) atoms. The zero-order valence-electron chi connectivity index (χ0n) is 15.5. The number of benzene rings is 2. The second-order valence-electron chi connectivity index (χ2n) is 6.28. The molecule has 0 atom stereocenters. The molecule has 0 bridgehead atoms. The molecule has 142 valence electrons. The van der Waals surface area contributed by atoms with Crippen LogP contribution in [0.2, 0.25) is 0 Å². The monoisotopic (exact) mass is 377 g/mol. The maximum absolute atomic E-state index is 12.5. The highest BCUT2D eigenvalue weighted by Gasteiger charge is 2.15. The number of ether oxygens (including phenoxy) is 3. The van der Waals surface area contributed by atoms with Crippen LogP contribution in [0.1, 0.15) is 15.9 Å². The van der Waals surface area contributed by atoms with Crippen molar-refractivity contribution in [1.29, 1.82) is 0 Å². The van der Waals surface area contributed by atoms with E-state index >= 15 is 0 Å². The Bertz CT molecular complexity index is 1020. The van der Waals surface area contributed by atoms with E-state index in [-0.39, 0.29) is 12.7 Å². The number of nitrogens with one attached hydrogen (secondary N) is 2. The molecule has 1 aromatic heterocycles. The van der Waals surface area contributed by atoms with Gasteiger partial charge in [0.2, 0.25) is 6.79 Å². The van der Waals surface area contributed by atoms with Crippen molar-refractivity contribution in [2.75, 3.05) is 24.5 Å². The molecule has 2 heterocycles. The van der Waals surface area contributed by atoms with Crippen LogP contribution in [0.5, 0.6) is 17.2 Å². The summed E-state index contributed by atoms with van der Waals surface area (Å²) in [6.07, 6.45) is 1.52. The number of nitrogens with zero attached hydrogens (tertiary/aromatic N) is 1. The lowest BCUT2D eigenvalue weighted by molar-refractivity contribution is 0.102. The molecule has 1 amide bonds. The van der Waals surface area contributed by atoms with Gasteiger partial charge in [-0.1, -0.05) is 6.07 Å². The zero-order valence-corrected chi connectivity index (χ0v) is 15.5. The molecule has 0 unspecified atom stereocenters. The smallest absolute Gasteiger partial charge is 0.257 e. The predicted molar refractivity (Wildman–Crippen MR) is 106 cm³/mol. The molecule has 2 N–H and O–H groups in total. The summed E-state index contributed by atoms with van der Waals surface area (Å²) in [5.41, 5.74) is 2.98. The molecule has 0 radical (unpaired) electrons. The lowest BCUT2D eigenvalue weighted by atomic mass is 10.2. The minimum Gasteiger partial charge on any atom is -0.495 e. The average Bonchev–Trinajstić information content (AvgIpc) is 3.16. The second kappa shape index (κ2) is 7.48. The van der Waals surface area contributed by atoms with Gasteiger partial charge >= 0.3 is 0 Å². The molecule has 0 fully saturated rings. The van der Waals surface area contributed by atoms with E-state index in [1.165, 1.54) is 6.20 Å². The maximum atomic E-state index is 12.5. The first kappa shape index (κ1) is 17.7. The van der Waals surface area contributed by atoms with Crippen molar-refractivity contribution in [3.8, 4) is 17.2 Å². The third-order valence-electron chi connectivity index (χ3n) is 4.27. The largest absolute Gasteiger partial charge is 0.495 e. The molecule has 0 spiro atoms. The molecule has 7 heteroatoms. The van der Waals surface area contributed by atoms with Crippen molar-refractivity contribution in [1.82, 2.24) is 4.98 Å². The second-order valence-corrected chi connectivity index (χ2v) is 6.28. The van der Waals surface area contributed by atoms with E-state index in [4.69, 9.17) is 14.2 Å². The summed E-state index contributed by atoms with van der Waals surface area (Å²) < 4.78 is 15.9. The van der Waals surface area contributed by atoms with Gasteiger partial charge in [0.05, 0.1) is 18.4 Å². The summed E-state index contributed by atoms with van der Waals surface area (Å²) in [5.74, 6) is 2.36. The third kappa shape index (κ3) is 3.68. The van der Waals surface area contributed by atoms with Crippen LogP contribution in [-0.2, 0) is 0 Å². The Morgan fingerprint density at radius 1 is 1.07 bits per heavy atom. The molecule has 0 aliphatic carbocycles. The van der Waals surface area contributed by atoms with Crippen LogP contribution < -0.4 is 24.8 Å². The van der Waals surface area contributed by atoms with E-state index in [0.717, 1.165) is 17.0 Å². The van der Waals surface area contributed by atoms with E-state index in [9.17, 15) is 4.79 Å². The average molecular weight is 377 g/mol. The highest BCUT2D eigenvalue weighted by molar-refractivity contribution is 6.04. The number of hydrogen-bond donors (Lipinski definition) is 2. The highest BCUT2D eigenvalue weighted by Crippen LogP contribution is 2.34. The number of carbonyl (C=O) groups excluding carboxylic acids is 1. The van der Waals surface area contributed by atoms with Crippen molar-refractivity contribution in [2.24, 2.45) is 0 Å². The van der Waals surface area contributed by atoms with Gasteiger partial charge in [-0.15, -0.1) is 0 Å². The Balaban J connectivity index is 1.46. The fourth-order valence-electron chi connectivity index (χ4n) is 2.84. The summed E-state index contributed by atoms with van der Waals surface area (Å²) in [6, 6.07) is 14.5. The maximum Gasteiger partial charge on any atom is 0.257 e. The van der Waals surface area contributed by atoms with Gasteiger partial charge in [-0.2, -0.15) is 0 Å². The van der Waals surface area contributed by atoms with E-state index < -0.39 is 0 Å². The third-order valence-corrected chi connectivity index (χ3v) is 4.27. The van der Waals surface area contributed by atoms with Gasteiger partial charge in [-0.3, -0.25) is 4.79 Å². The first-order chi connectivity index (χ1) is 13.6. The molecule has 1 aliphatic rings. The van der Waals surface area contributed by atoms with Crippen LogP contribution >= 0.6 is 0 Å². The molecule has 7 nitrogen and oxygen atoms in total. The number of rotatable bonds is 5. The van der Waals surface area contributed by atoms with Gasteiger partial charge in [0.25, 0.3) is 5.91 Å². The number of fused-ring (bicyclic) bond motifs is 1. The number of carbonyl (C=O) groups is 1.